The standard InChI is InChI=1S/C20H14N2O4/c1-24-12-6-4-5-11(9-12)16-14(10-21)19(22)26-20-17(16)18(23)13-7-2-3-8-15(13)25-20/h2-9,16H,22H2,1H3. The van der Waals surface area contributed by atoms with Crippen molar-refractivity contribution in [3.05, 3.63) is 81.3 Å². The van der Waals surface area contributed by atoms with E-state index in [4.69, 9.17) is 19.6 Å². The number of rotatable bonds is 2. The zero-order chi connectivity index (χ0) is 18.3. The SMILES string of the molecule is COc1cccc(C2C(C#N)=C(N)Oc3oc4ccccc4c(=O)c32)c1. The summed E-state index contributed by atoms with van der Waals surface area (Å²) in [6.45, 7) is 0. The molecule has 128 valence electrons. The molecule has 1 unspecified atom stereocenters. The molecule has 6 heteroatoms. The number of nitrogens with two attached hydrogens (primary N) is 1. The van der Waals surface area contributed by atoms with Gasteiger partial charge < -0.3 is 19.6 Å². The van der Waals surface area contributed by atoms with E-state index in [2.05, 4.69) is 6.07 Å². The number of nitriles is 1. The van der Waals surface area contributed by atoms with Gasteiger partial charge in [0.15, 0.2) is 0 Å². The number of methoxy groups -OCH3 is 1. The van der Waals surface area contributed by atoms with Crippen molar-refractivity contribution in [3.8, 4) is 17.8 Å². The van der Waals surface area contributed by atoms with Crippen molar-refractivity contribution < 1.29 is 13.9 Å². The van der Waals surface area contributed by atoms with Crippen molar-refractivity contribution in [2.75, 3.05) is 7.11 Å². The van der Waals surface area contributed by atoms with Crippen molar-refractivity contribution >= 4 is 11.0 Å². The molecule has 0 fully saturated rings. The second-order valence-electron chi connectivity index (χ2n) is 5.83. The fourth-order valence-electron chi connectivity index (χ4n) is 3.18. The van der Waals surface area contributed by atoms with E-state index < -0.39 is 5.92 Å². The molecule has 1 atom stereocenters. The van der Waals surface area contributed by atoms with Crippen LogP contribution < -0.4 is 20.6 Å². The Morgan fingerprint density at radius 3 is 2.77 bits per heavy atom. The van der Waals surface area contributed by atoms with E-state index in [9.17, 15) is 10.1 Å². The van der Waals surface area contributed by atoms with Gasteiger partial charge in [0, 0.05) is 0 Å². The van der Waals surface area contributed by atoms with Gasteiger partial charge in [-0.15, -0.1) is 0 Å². The van der Waals surface area contributed by atoms with E-state index in [-0.39, 0.29) is 28.4 Å². The summed E-state index contributed by atoms with van der Waals surface area (Å²) in [6, 6.07) is 16.1. The van der Waals surface area contributed by atoms with E-state index in [0.29, 0.717) is 22.3 Å². The van der Waals surface area contributed by atoms with Crippen LogP contribution in [0.1, 0.15) is 17.0 Å². The number of allylic oxidation sites excluding steroid dienone is 1. The van der Waals surface area contributed by atoms with E-state index in [1.165, 1.54) is 0 Å². The maximum Gasteiger partial charge on any atom is 0.300 e. The quantitative estimate of drug-likeness (QED) is 0.766. The van der Waals surface area contributed by atoms with Crippen LogP contribution >= 0.6 is 0 Å². The molecule has 0 radical (unpaired) electrons. The molecule has 0 spiro atoms. The van der Waals surface area contributed by atoms with E-state index in [1.54, 1.807) is 49.6 Å². The van der Waals surface area contributed by atoms with Crippen LogP contribution in [0, 0.1) is 11.3 Å². The number of nitrogens with zero attached hydrogens (tertiary/aromatic N) is 1. The monoisotopic (exact) mass is 346 g/mol. The second kappa shape index (κ2) is 5.97. The maximum absolute atomic E-state index is 13.1. The van der Waals surface area contributed by atoms with Gasteiger partial charge in [0.05, 0.1) is 24.0 Å². The van der Waals surface area contributed by atoms with Gasteiger partial charge in [0.2, 0.25) is 11.3 Å². The van der Waals surface area contributed by atoms with Gasteiger partial charge in [0.25, 0.3) is 5.95 Å². The number of hydrogen-bond acceptors (Lipinski definition) is 6. The van der Waals surface area contributed by atoms with Crippen LogP contribution in [-0.2, 0) is 0 Å². The van der Waals surface area contributed by atoms with Crippen LogP contribution in [0.5, 0.6) is 11.7 Å². The Hall–Kier alpha value is -3.72. The Labute approximate surface area is 148 Å². The third-order valence-corrected chi connectivity index (χ3v) is 4.39. The number of para-hydroxylation sites is 1. The van der Waals surface area contributed by atoms with Crippen molar-refractivity contribution in [1.29, 1.82) is 5.26 Å². The highest BCUT2D eigenvalue weighted by atomic mass is 16.6. The maximum atomic E-state index is 13.1. The van der Waals surface area contributed by atoms with Crippen LogP contribution in [0.25, 0.3) is 11.0 Å². The Morgan fingerprint density at radius 2 is 2.00 bits per heavy atom. The summed E-state index contributed by atoms with van der Waals surface area (Å²) in [5.74, 6) is -0.152. The van der Waals surface area contributed by atoms with Crippen LogP contribution in [0.15, 0.2) is 69.2 Å². The van der Waals surface area contributed by atoms with Crippen molar-refractivity contribution in [3.63, 3.8) is 0 Å². The predicted molar refractivity (Wildman–Crippen MR) is 94.8 cm³/mol. The van der Waals surface area contributed by atoms with Crippen LogP contribution in [-0.4, -0.2) is 7.11 Å². The first-order chi connectivity index (χ1) is 12.6. The fourth-order valence-corrected chi connectivity index (χ4v) is 3.18. The lowest BCUT2D eigenvalue weighted by molar-refractivity contribution is 0.296. The van der Waals surface area contributed by atoms with Gasteiger partial charge >= 0.3 is 0 Å². The van der Waals surface area contributed by atoms with Gasteiger partial charge in [-0.05, 0) is 29.8 Å². The van der Waals surface area contributed by atoms with Crippen molar-refractivity contribution in [2.45, 2.75) is 5.92 Å². The average Bonchev–Trinajstić information content (AvgIpc) is 2.67. The van der Waals surface area contributed by atoms with Crippen LogP contribution in [0.2, 0.25) is 0 Å². The molecule has 3 aromatic rings. The minimum atomic E-state index is -0.695. The summed E-state index contributed by atoms with van der Waals surface area (Å²) in [7, 11) is 1.55. The molecule has 1 aliphatic heterocycles. The minimum Gasteiger partial charge on any atom is -0.497 e. The first-order valence-corrected chi connectivity index (χ1v) is 7.91. The first-order valence-electron chi connectivity index (χ1n) is 7.91. The van der Waals surface area contributed by atoms with Gasteiger partial charge in [-0.1, -0.05) is 24.3 Å². The molecule has 0 saturated heterocycles. The Kier molecular flexibility index (Phi) is 3.63. The Balaban J connectivity index is 2.06. The van der Waals surface area contributed by atoms with Gasteiger partial charge in [0.1, 0.15) is 23.0 Å². The molecule has 26 heavy (non-hydrogen) atoms. The minimum absolute atomic E-state index is 0.0121. The van der Waals surface area contributed by atoms with Crippen LogP contribution in [0.4, 0.5) is 0 Å². The summed E-state index contributed by atoms with van der Waals surface area (Å²) in [5, 5.41) is 10.0. The molecule has 0 bridgehead atoms. The fraction of sp³-hybridized carbons (Fsp3) is 0.100. The summed E-state index contributed by atoms with van der Waals surface area (Å²) >= 11 is 0. The number of benzene rings is 2. The second-order valence-corrected chi connectivity index (χ2v) is 5.83. The smallest absolute Gasteiger partial charge is 0.300 e. The first kappa shape index (κ1) is 15.8. The van der Waals surface area contributed by atoms with E-state index in [0.717, 1.165) is 0 Å². The highest BCUT2D eigenvalue weighted by Crippen LogP contribution is 2.42. The lowest BCUT2D eigenvalue weighted by atomic mass is 9.84. The lowest BCUT2D eigenvalue weighted by Crippen LogP contribution is -2.26. The van der Waals surface area contributed by atoms with Gasteiger partial charge in [-0.3, -0.25) is 4.79 Å². The van der Waals surface area contributed by atoms with Crippen molar-refractivity contribution in [2.24, 2.45) is 5.73 Å². The Bertz CT molecular complexity index is 1150. The molecule has 0 amide bonds. The molecule has 6 nitrogen and oxygen atoms in total. The Morgan fingerprint density at radius 1 is 1.19 bits per heavy atom. The van der Waals surface area contributed by atoms with Gasteiger partial charge in [-0.25, -0.2) is 0 Å². The molecule has 2 heterocycles. The van der Waals surface area contributed by atoms with Gasteiger partial charge in [-0.2, -0.15) is 5.26 Å². The third-order valence-electron chi connectivity index (χ3n) is 4.39. The normalized spacial score (nSPS) is 15.9. The summed E-state index contributed by atoms with van der Waals surface area (Å²) in [4.78, 5) is 13.1. The highest BCUT2D eigenvalue weighted by Gasteiger charge is 2.35. The zero-order valence-electron chi connectivity index (χ0n) is 13.9. The third kappa shape index (κ3) is 2.30. The summed E-state index contributed by atoms with van der Waals surface area (Å²) in [6.07, 6.45) is 0. The molecule has 1 aliphatic rings. The highest BCUT2D eigenvalue weighted by molar-refractivity contribution is 5.78. The van der Waals surface area contributed by atoms with E-state index in [1.807, 2.05) is 6.07 Å². The molecule has 0 saturated carbocycles. The number of hydrogen-bond donors (Lipinski definition) is 1. The van der Waals surface area contributed by atoms with Crippen LogP contribution in [0.3, 0.4) is 0 Å². The lowest BCUT2D eigenvalue weighted by Gasteiger charge is -2.25. The number of ether oxygens (including phenoxy) is 2. The molecule has 2 aromatic carbocycles. The molecule has 0 aliphatic carbocycles. The topological polar surface area (TPSA) is 98.5 Å². The largest absolute Gasteiger partial charge is 0.497 e. The predicted octanol–water partition coefficient (Wildman–Crippen LogP) is 3.02. The van der Waals surface area contributed by atoms with E-state index >= 15 is 0 Å². The van der Waals surface area contributed by atoms with Crippen molar-refractivity contribution in [1.82, 2.24) is 0 Å². The molecule has 1 aromatic heterocycles. The summed E-state index contributed by atoms with van der Waals surface area (Å²) in [5.41, 5.74) is 7.18. The zero-order valence-corrected chi connectivity index (χ0v) is 13.9. The molecular formula is C20H14N2O4. The molecular weight excluding hydrogens is 332 g/mol. The molecule has 4 rings (SSSR count). The number of fused-ring (bicyclic) bond motifs is 2. The summed E-state index contributed by atoms with van der Waals surface area (Å²) < 4.78 is 16.5. The molecule has 2 N–H and O–H groups in total. The average molecular weight is 346 g/mol.